The van der Waals surface area contributed by atoms with Crippen LogP contribution >= 0.6 is 0 Å². The van der Waals surface area contributed by atoms with Gasteiger partial charge in [0.05, 0.1) is 28.7 Å². The van der Waals surface area contributed by atoms with Gasteiger partial charge in [0.25, 0.3) is 11.7 Å². The number of benzene rings is 2. The van der Waals surface area contributed by atoms with Gasteiger partial charge < -0.3 is 5.32 Å². The molecule has 136 valence electrons. The number of ketones is 1. The maximum atomic E-state index is 12.9. The zero-order valence-electron chi connectivity index (χ0n) is 15.4. The molecule has 0 radical (unpaired) electrons. The monoisotopic (exact) mass is 359 g/mol. The van der Waals surface area contributed by atoms with Crippen LogP contribution in [-0.4, -0.2) is 21.5 Å². The lowest BCUT2D eigenvalue weighted by Crippen LogP contribution is -2.34. The first-order valence-corrected chi connectivity index (χ1v) is 9.11. The molecule has 1 aliphatic rings. The summed E-state index contributed by atoms with van der Waals surface area (Å²) in [6.45, 7) is 3.58. The van der Waals surface area contributed by atoms with Gasteiger partial charge in [-0.15, -0.1) is 0 Å². The van der Waals surface area contributed by atoms with Crippen LogP contribution in [0.2, 0.25) is 0 Å². The summed E-state index contributed by atoms with van der Waals surface area (Å²) in [5.41, 5.74) is 4.81. The summed E-state index contributed by atoms with van der Waals surface area (Å²) >= 11 is 0. The van der Waals surface area contributed by atoms with E-state index in [0.717, 1.165) is 24.1 Å². The summed E-state index contributed by atoms with van der Waals surface area (Å²) in [7, 11) is 0. The smallest absolute Gasteiger partial charge is 0.293 e. The lowest BCUT2D eigenvalue weighted by molar-refractivity contribution is -0.117. The maximum absolute atomic E-state index is 12.9. The van der Waals surface area contributed by atoms with Gasteiger partial charge in [0.1, 0.15) is 0 Å². The minimum atomic E-state index is -0.574. The Morgan fingerprint density at radius 3 is 2.52 bits per heavy atom. The van der Waals surface area contributed by atoms with Crippen LogP contribution in [0, 0.1) is 13.8 Å². The van der Waals surface area contributed by atoms with Gasteiger partial charge in [0.15, 0.2) is 0 Å². The number of aryl methyl sites for hydroxylation is 2. The number of hydrogen-bond acceptors (Lipinski definition) is 3. The fraction of sp³-hybridized carbons (Fsp3) is 0.227. The van der Waals surface area contributed by atoms with Crippen LogP contribution in [0.4, 0.5) is 0 Å². The number of hydrogen-bond donors (Lipinski definition) is 1. The van der Waals surface area contributed by atoms with Gasteiger partial charge in [-0.3, -0.25) is 9.59 Å². The predicted molar refractivity (Wildman–Crippen MR) is 103 cm³/mol. The van der Waals surface area contributed by atoms with Gasteiger partial charge in [-0.2, -0.15) is 5.10 Å². The summed E-state index contributed by atoms with van der Waals surface area (Å²) < 4.78 is 1.71. The summed E-state index contributed by atoms with van der Waals surface area (Å²) in [5, 5.41) is 7.38. The van der Waals surface area contributed by atoms with Crippen molar-refractivity contribution in [1.82, 2.24) is 15.1 Å². The molecule has 2 aromatic carbocycles. The number of para-hydroxylation sites is 1. The van der Waals surface area contributed by atoms with E-state index in [9.17, 15) is 9.59 Å². The molecule has 0 saturated carbocycles. The van der Waals surface area contributed by atoms with Crippen molar-refractivity contribution in [3.8, 4) is 5.69 Å². The van der Waals surface area contributed by atoms with Gasteiger partial charge >= 0.3 is 0 Å². The van der Waals surface area contributed by atoms with Gasteiger partial charge in [-0.1, -0.05) is 42.5 Å². The van der Waals surface area contributed by atoms with Gasteiger partial charge in [0.2, 0.25) is 0 Å². The SMILES string of the molecule is Cc1nn(-c2ccccc2)c(C)c1C(=O)C(=O)NC1CCc2ccccc21. The topological polar surface area (TPSA) is 64.0 Å². The second-order valence-corrected chi connectivity index (χ2v) is 6.89. The van der Waals surface area contributed by atoms with Crippen molar-refractivity contribution < 1.29 is 9.59 Å². The minimum Gasteiger partial charge on any atom is -0.342 e. The van der Waals surface area contributed by atoms with E-state index < -0.39 is 11.7 Å². The highest BCUT2D eigenvalue weighted by Crippen LogP contribution is 2.30. The third kappa shape index (κ3) is 3.05. The number of nitrogens with zero attached hydrogens (tertiary/aromatic N) is 2. The second kappa shape index (κ2) is 6.83. The Balaban J connectivity index is 1.58. The van der Waals surface area contributed by atoms with Crippen molar-refractivity contribution in [3.63, 3.8) is 0 Å². The Kier molecular flexibility index (Phi) is 4.36. The molecule has 0 spiro atoms. The molecule has 3 aromatic rings. The first kappa shape index (κ1) is 17.2. The molecular weight excluding hydrogens is 338 g/mol. The largest absolute Gasteiger partial charge is 0.342 e. The summed E-state index contributed by atoms with van der Waals surface area (Å²) in [6.07, 6.45) is 1.74. The molecule has 1 aliphatic carbocycles. The van der Waals surface area contributed by atoms with Crippen molar-refractivity contribution in [2.75, 3.05) is 0 Å². The fourth-order valence-corrected chi connectivity index (χ4v) is 3.84. The predicted octanol–water partition coefficient (Wildman–Crippen LogP) is 3.48. The highest BCUT2D eigenvalue weighted by Gasteiger charge is 2.29. The first-order chi connectivity index (χ1) is 13.1. The van der Waals surface area contributed by atoms with E-state index in [0.29, 0.717) is 17.0 Å². The minimum absolute atomic E-state index is 0.109. The third-order valence-electron chi connectivity index (χ3n) is 5.16. The summed E-state index contributed by atoms with van der Waals surface area (Å²) in [6, 6.07) is 17.5. The lowest BCUT2D eigenvalue weighted by Gasteiger charge is -2.13. The van der Waals surface area contributed by atoms with Crippen molar-refractivity contribution in [3.05, 3.63) is 82.7 Å². The number of aromatic nitrogens is 2. The molecule has 0 aliphatic heterocycles. The van der Waals surface area contributed by atoms with Gasteiger partial charge in [-0.25, -0.2) is 4.68 Å². The Labute approximate surface area is 158 Å². The van der Waals surface area contributed by atoms with Crippen LogP contribution in [0.15, 0.2) is 54.6 Å². The zero-order valence-corrected chi connectivity index (χ0v) is 15.4. The lowest BCUT2D eigenvalue weighted by atomic mass is 10.1. The molecule has 1 N–H and O–H groups in total. The van der Waals surface area contributed by atoms with Crippen LogP contribution in [0.5, 0.6) is 0 Å². The first-order valence-electron chi connectivity index (χ1n) is 9.11. The van der Waals surface area contributed by atoms with E-state index in [2.05, 4.69) is 16.5 Å². The summed E-state index contributed by atoms with van der Waals surface area (Å²) in [4.78, 5) is 25.5. The Morgan fingerprint density at radius 1 is 1.04 bits per heavy atom. The quantitative estimate of drug-likeness (QED) is 0.573. The average Bonchev–Trinajstić information content (AvgIpc) is 3.22. The molecule has 1 unspecified atom stereocenters. The van der Waals surface area contributed by atoms with E-state index in [1.165, 1.54) is 5.56 Å². The molecule has 0 saturated heterocycles. The third-order valence-corrected chi connectivity index (χ3v) is 5.16. The maximum Gasteiger partial charge on any atom is 0.293 e. The molecule has 1 aromatic heterocycles. The molecule has 1 heterocycles. The fourth-order valence-electron chi connectivity index (χ4n) is 3.84. The van der Waals surface area contributed by atoms with Gasteiger partial charge in [0, 0.05) is 0 Å². The highest BCUT2D eigenvalue weighted by molar-refractivity contribution is 6.43. The molecular formula is C22H21N3O2. The number of carbonyl (C=O) groups excluding carboxylic acids is 2. The van der Waals surface area contributed by atoms with E-state index in [1.807, 2.05) is 55.5 Å². The molecule has 1 amide bonds. The van der Waals surface area contributed by atoms with Crippen molar-refractivity contribution in [2.45, 2.75) is 32.7 Å². The Bertz CT molecular complexity index is 1020. The number of carbonyl (C=O) groups is 2. The summed E-state index contributed by atoms with van der Waals surface area (Å²) in [5.74, 6) is -1.10. The highest BCUT2D eigenvalue weighted by atomic mass is 16.2. The van der Waals surface area contributed by atoms with Crippen molar-refractivity contribution in [1.29, 1.82) is 0 Å². The molecule has 5 nitrogen and oxygen atoms in total. The number of fused-ring (bicyclic) bond motifs is 1. The number of rotatable bonds is 4. The normalized spacial score (nSPS) is 15.4. The van der Waals surface area contributed by atoms with E-state index >= 15 is 0 Å². The van der Waals surface area contributed by atoms with E-state index in [-0.39, 0.29) is 6.04 Å². The van der Waals surface area contributed by atoms with Crippen LogP contribution < -0.4 is 5.32 Å². The van der Waals surface area contributed by atoms with Crippen molar-refractivity contribution >= 4 is 11.7 Å². The number of nitrogens with one attached hydrogen (secondary N) is 1. The molecule has 27 heavy (non-hydrogen) atoms. The molecule has 4 rings (SSSR count). The zero-order chi connectivity index (χ0) is 19.0. The number of Topliss-reactive ketones (excluding diaryl/α,β-unsaturated/α-hetero) is 1. The Hall–Kier alpha value is -3.21. The molecule has 5 heteroatoms. The molecule has 0 fully saturated rings. The van der Waals surface area contributed by atoms with E-state index in [1.54, 1.807) is 11.6 Å². The van der Waals surface area contributed by atoms with Crippen LogP contribution in [-0.2, 0) is 11.2 Å². The van der Waals surface area contributed by atoms with Crippen LogP contribution in [0.3, 0.4) is 0 Å². The second-order valence-electron chi connectivity index (χ2n) is 6.89. The van der Waals surface area contributed by atoms with Crippen molar-refractivity contribution in [2.24, 2.45) is 0 Å². The van der Waals surface area contributed by atoms with Gasteiger partial charge in [-0.05, 0) is 49.9 Å². The molecule has 1 atom stereocenters. The standard InChI is InChI=1S/C22H21N3O2/c1-14-20(15(2)25(24-14)17-9-4-3-5-10-17)21(26)22(27)23-19-13-12-16-8-6-7-11-18(16)19/h3-11,19H,12-13H2,1-2H3,(H,23,27). The van der Waals surface area contributed by atoms with Crippen LogP contribution in [0.1, 0.15) is 45.3 Å². The van der Waals surface area contributed by atoms with Crippen LogP contribution in [0.25, 0.3) is 5.69 Å². The number of amides is 1. The average molecular weight is 359 g/mol. The van der Waals surface area contributed by atoms with E-state index in [4.69, 9.17) is 0 Å². The molecule has 0 bridgehead atoms. The Morgan fingerprint density at radius 2 is 1.74 bits per heavy atom.